The molecule has 84 valence electrons. The van der Waals surface area contributed by atoms with Crippen molar-refractivity contribution in [1.82, 2.24) is 15.0 Å². The topological polar surface area (TPSA) is 76.7 Å². The molecule has 0 aliphatic carbocycles. The molecule has 2 aromatic rings. The van der Waals surface area contributed by atoms with Crippen molar-refractivity contribution in [2.45, 2.75) is 20.3 Å². The molecule has 0 saturated heterocycles. The van der Waals surface area contributed by atoms with Gasteiger partial charge in [-0.3, -0.25) is 0 Å². The summed E-state index contributed by atoms with van der Waals surface area (Å²) in [5, 5.41) is 1.92. The molecule has 0 atom stereocenters. The second-order valence-electron chi connectivity index (χ2n) is 3.33. The predicted octanol–water partition coefficient (Wildman–Crippen LogP) is 1.76. The van der Waals surface area contributed by atoms with E-state index in [-0.39, 0.29) is 0 Å². The summed E-state index contributed by atoms with van der Waals surface area (Å²) in [6, 6.07) is 0. The van der Waals surface area contributed by atoms with Crippen molar-refractivity contribution in [3.63, 3.8) is 0 Å². The Bertz CT molecular complexity index is 480. The highest BCUT2D eigenvalue weighted by atomic mass is 32.1. The SMILES string of the molecule is CCc1c(C)nc(-c2cscn2)nc1NN. The van der Waals surface area contributed by atoms with Crippen molar-refractivity contribution in [1.29, 1.82) is 0 Å². The number of hydrazine groups is 1. The minimum absolute atomic E-state index is 0.615. The third-order valence-electron chi connectivity index (χ3n) is 2.37. The van der Waals surface area contributed by atoms with Gasteiger partial charge in [0, 0.05) is 16.6 Å². The summed E-state index contributed by atoms with van der Waals surface area (Å²) in [5.74, 6) is 6.75. The number of anilines is 1. The number of aryl methyl sites for hydroxylation is 1. The standard InChI is InChI=1S/C10H13N5S/c1-3-7-6(2)13-10(14-9(7)15-11)8-4-16-5-12-8/h4-5H,3,11H2,1-2H3,(H,13,14,15). The first kappa shape index (κ1) is 11.0. The molecular formula is C10H13N5S. The molecule has 0 bridgehead atoms. The van der Waals surface area contributed by atoms with E-state index in [1.54, 1.807) is 5.51 Å². The zero-order valence-electron chi connectivity index (χ0n) is 9.19. The smallest absolute Gasteiger partial charge is 0.181 e. The molecule has 0 unspecified atom stereocenters. The molecule has 2 heterocycles. The van der Waals surface area contributed by atoms with E-state index in [0.29, 0.717) is 11.6 Å². The number of hydrogen-bond donors (Lipinski definition) is 2. The Morgan fingerprint density at radius 3 is 2.81 bits per heavy atom. The molecule has 0 fully saturated rings. The summed E-state index contributed by atoms with van der Waals surface area (Å²) in [6.07, 6.45) is 0.850. The summed E-state index contributed by atoms with van der Waals surface area (Å²) in [7, 11) is 0. The van der Waals surface area contributed by atoms with Crippen molar-refractivity contribution in [3.8, 4) is 11.5 Å². The summed E-state index contributed by atoms with van der Waals surface area (Å²) >= 11 is 1.52. The molecule has 5 nitrogen and oxygen atoms in total. The van der Waals surface area contributed by atoms with E-state index in [2.05, 4.69) is 27.3 Å². The maximum atomic E-state index is 5.46. The highest BCUT2D eigenvalue weighted by molar-refractivity contribution is 7.07. The number of nitrogen functional groups attached to an aromatic ring is 1. The second kappa shape index (κ2) is 4.54. The van der Waals surface area contributed by atoms with E-state index in [1.165, 1.54) is 11.3 Å². The third kappa shape index (κ3) is 1.89. The number of nitrogens with zero attached hydrogens (tertiary/aromatic N) is 3. The largest absolute Gasteiger partial charge is 0.308 e. The van der Waals surface area contributed by atoms with Crippen molar-refractivity contribution < 1.29 is 0 Å². The van der Waals surface area contributed by atoms with Gasteiger partial charge in [-0.05, 0) is 13.3 Å². The van der Waals surface area contributed by atoms with Crippen LogP contribution in [0.25, 0.3) is 11.5 Å². The minimum Gasteiger partial charge on any atom is -0.308 e. The van der Waals surface area contributed by atoms with Crippen LogP contribution >= 0.6 is 11.3 Å². The van der Waals surface area contributed by atoms with Crippen LogP contribution in [-0.4, -0.2) is 15.0 Å². The normalized spacial score (nSPS) is 10.4. The van der Waals surface area contributed by atoms with Gasteiger partial charge in [-0.15, -0.1) is 11.3 Å². The Labute approximate surface area is 97.7 Å². The predicted molar refractivity (Wildman–Crippen MR) is 65.1 cm³/mol. The van der Waals surface area contributed by atoms with Gasteiger partial charge in [0.05, 0.1) is 5.51 Å². The maximum Gasteiger partial charge on any atom is 0.181 e. The summed E-state index contributed by atoms with van der Waals surface area (Å²) in [4.78, 5) is 13.0. The van der Waals surface area contributed by atoms with Crippen LogP contribution < -0.4 is 11.3 Å². The first-order chi connectivity index (χ1) is 7.76. The Hall–Kier alpha value is -1.53. The molecular weight excluding hydrogens is 222 g/mol. The average Bonchev–Trinajstić information content (AvgIpc) is 2.81. The summed E-state index contributed by atoms with van der Waals surface area (Å²) in [6.45, 7) is 4.01. The van der Waals surface area contributed by atoms with Crippen LogP contribution in [0.3, 0.4) is 0 Å². The van der Waals surface area contributed by atoms with E-state index in [9.17, 15) is 0 Å². The van der Waals surface area contributed by atoms with E-state index >= 15 is 0 Å². The van der Waals surface area contributed by atoms with Crippen molar-refractivity contribution in [2.75, 3.05) is 5.43 Å². The molecule has 2 rings (SSSR count). The molecule has 0 aliphatic heterocycles. The van der Waals surface area contributed by atoms with Crippen LogP contribution in [0.5, 0.6) is 0 Å². The fourth-order valence-electron chi connectivity index (χ4n) is 1.58. The van der Waals surface area contributed by atoms with Crippen LogP contribution in [0.15, 0.2) is 10.9 Å². The van der Waals surface area contributed by atoms with Gasteiger partial charge in [0.15, 0.2) is 5.82 Å². The fraction of sp³-hybridized carbons (Fsp3) is 0.300. The van der Waals surface area contributed by atoms with E-state index in [4.69, 9.17) is 5.84 Å². The van der Waals surface area contributed by atoms with Crippen LogP contribution in [0.1, 0.15) is 18.2 Å². The Kier molecular flexibility index (Phi) is 3.12. The third-order valence-corrected chi connectivity index (χ3v) is 2.95. The fourth-order valence-corrected chi connectivity index (χ4v) is 2.11. The number of aromatic nitrogens is 3. The number of hydrogen-bond acceptors (Lipinski definition) is 6. The number of nitrogens with two attached hydrogens (primary N) is 1. The first-order valence-corrected chi connectivity index (χ1v) is 5.93. The molecule has 0 aromatic carbocycles. The molecule has 2 aromatic heterocycles. The Morgan fingerprint density at radius 2 is 2.25 bits per heavy atom. The lowest BCUT2D eigenvalue weighted by atomic mass is 10.1. The van der Waals surface area contributed by atoms with Crippen LogP contribution in [-0.2, 0) is 6.42 Å². The van der Waals surface area contributed by atoms with Gasteiger partial charge in [0.25, 0.3) is 0 Å². The van der Waals surface area contributed by atoms with E-state index in [0.717, 1.165) is 23.4 Å². The molecule has 3 N–H and O–H groups in total. The lowest BCUT2D eigenvalue weighted by Crippen LogP contribution is -2.13. The maximum absolute atomic E-state index is 5.46. The van der Waals surface area contributed by atoms with Crippen molar-refractivity contribution >= 4 is 17.2 Å². The molecule has 0 radical (unpaired) electrons. The van der Waals surface area contributed by atoms with Gasteiger partial charge in [-0.25, -0.2) is 20.8 Å². The van der Waals surface area contributed by atoms with Gasteiger partial charge < -0.3 is 5.43 Å². The average molecular weight is 235 g/mol. The lowest BCUT2D eigenvalue weighted by molar-refractivity contribution is 0.991. The lowest BCUT2D eigenvalue weighted by Gasteiger charge is -2.10. The van der Waals surface area contributed by atoms with Gasteiger partial charge in [-0.1, -0.05) is 6.92 Å². The van der Waals surface area contributed by atoms with E-state index < -0.39 is 0 Å². The zero-order valence-corrected chi connectivity index (χ0v) is 10.0. The second-order valence-corrected chi connectivity index (χ2v) is 4.05. The quantitative estimate of drug-likeness (QED) is 0.626. The summed E-state index contributed by atoms with van der Waals surface area (Å²) < 4.78 is 0. The van der Waals surface area contributed by atoms with Crippen molar-refractivity contribution in [2.24, 2.45) is 5.84 Å². The van der Waals surface area contributed by atoms with E-state index in [1.807, 2.05) is 12.3 Å². The van der Waals surface area contributed by atoms with Gasteiger partial charge in [0.1, 0.15) is 11.5 Å². The Morgan fingerprint density at radius 1 is 1.44 bits per heavy atom. The van der Waals surface area contributed by atoms with Gasteiger partial charge >= 0.3 is 0 Å². The molecule has 0 spiro atoms. The van der Waals surface area contributed by atoms with Gasteiger partial charge in [-0.2, -0.15) is 0 Å². The zero-order chi connectivity index (χ0) is 11.5. The highest BCUT2D eigenvalue weighted by Crippen LogP contribution is 2.21. The minimum atomic E-state index is 0.615. The Balaban J connectivity index is 2.54. The monoisotopic (exact) mass is 235 g/mol. The first-order valence-electron chi connectivity index (χ1n) is 4.99. The van der Waals surface area contributed by atoms with Crippen LogP contribution in [0.4, 0.5) is 5.82 Å². The van der Waals surface area contributed by atoms with Crippen LogP contribution in [0.2, 0.25) is 0 Å². The molecule has 0 saturated carbocycles. The molecule has 0 amide bonds. The number of nitrogens with one attached hydrogen (secondary N) is 1. The van der Waals surface area contributed by atoms with Crippen molar-refractivity contribution in [3.05, 3.63) is 22.1 Å². The van der Waals surface area contributed by atoms with Crippen LogP contribution in [0, 0.1) is 6.92 Å². The highest BCUT2D eigenvalue weighted by Gasteiger charge is 2.11. The molecule has 0 aliphatic rings. The number of thiazole rings is 1. The number of rotatable bonds is 3. The van der Waals surface area contributed by atoms with Gasteiger partial charge in [0.2, 0.25) is 0 Å². The molecule has 6 heteroatoms. The molecule has 16 heavy (non-hydrogen) atoms. The summed E-state index contributed by atoms with van der Waals surface area (Å²) in [5.41, 5.74) is 7.14.